The van der Waals surface area contributed by atoms with E-state index in [4.69, 9.17) is 0 Å². The Bertz CT molecular complexity index is 556. The summed E-state index contributed by atoms with van der Waals surface area (Å²) in [7, 11) is 0. The normalized spacial score (nSPS) is 17.5. The largest absolute Gasteiger partial charge is 0.392 e. The number of benzene rings is 2. The quantitative estimate of drug-likeness (QED) is 0.883. The maximum absolute atomic E-state index is 9.34. The van der Waals surface area contributed by atoms with Crippen LogP contribution in [0.3, 0.4) is 0 Å². The third-order valence-corrected chi connectivity index (χ3v) is 4.40. The summed E-state index contributed by atoms with van der Waals surface area (Å²) in [5.41, 5.74) is 3.34. The molecule has 0 aliphatic carbocycles. The van der Waals surface area contributed by atoms with Crippen molar-refractivity contribution in [1.29, 1.82) is 0 Å². The molecule has 0 spiro atoms. The maximum atomic E-state index is 9.34. The van der Waals surface area contributed by atoms with E-state index in [1.54, 1.807) is 0 Å². The molecule has 1 aliphatic heterocycles. The molecular formula is C15H15NOS. The highest BCUT2D eigenvalue weighted by Crippen LogP contribution is 2.39. The van der Waals surface area contributed by atoms with Gasteiger partial charge in [-0.15, -0.1) is 11.8 Å². The van der Waals surface area contributed by atoms with Crippen molar-refractivity contribution in [3.63, 3.8) is 0 Å². The molecule has 0 radical (unpaired) electrons. The SMILES string of the molecule is OCc1ccccc1NC1CSc2ccccc21. The fraction of sp³-hybridized carbons (Fsp3) is 0.200. The van der Waals surface area contributed by atoms with Crippen LogP contribution < -0.4 is 5.32 Å². The first kappa shape index (κ1) is 11.6. The van der Waals surface area contributed by atoms with Crippen molar-refractivity contribution in [3.05, 3.63) is 59.7 Å². The van der Waals surface area contributed by atoms with Gasteiger partial charge < -0.3 is 10.4 Å². The van der Waals surface area contributed by atoms with Crippen LogP contribution in [0.4, 0.5) is 5.69 Å². The number of rotatable bonds is 3. The first-order valence-electron chi connectivity index (χ1n) is 6.05. The molecule has 2 N–H and O–H groups in total. The second-order valence-electron chi connectivity index (χ2n) is 4.36. The molecule has 0 bridgehead atoms. The number of aliphatic hydroxyl groups is 1. The van der Waals surface area contributed by atoms with E-state index in [0.29, 0.717) is 6.04 Å². The predicted molar refractivity (Wildman–Crippen MR) is 75.9 cm³/mol. The maximum Gasteiger partial charge on any atom is 0.0701 e. The number of nitrogens with one attached hydrogen (secondary N) is 1. The van der Waals surface area contributed by atoms with E-state index in [-0.39, 0.29) is 6.61 Å². The molecule has 0 fully saturated rings. The van der Waals surface area contributed by atoms with E-state index in [2.05, 4.69) is 29.6 Å². The third kappa shape index (κ3) is 2.11. The highest BCUT2D eigenvalue weighted by molar-refractivity contribution is 7.99. The molecule has 0 saturated carbocycles. The Balaban J connectivity index is 1.86. The Kier molecular flexibility index (Phi) is 3.26. The van der Waals surface area contributed by atoms with Crippen molar-refractivity contribution in [1.82, 2.24) is 0 Å². The number of para-hydroxylation sites is 1. The topological polar surface area (TPSA) is 32.3 Å². The lowest BCUT2D eigenvalue weighted by Crippen LogP contribution is -2.11. The van der Waals surface area contributed by atoms with Gasteiger partial charge in [-0.2, -0.15) is 0 Å². The summed E-state index contributed by atoms with van der Waals surface area (Å²) >= 11 is 1.88. The van der Waals surface area contributed by atoms with Gasteiger partial charge in [-0.3, -0.25) is 0 Å². The Morgan fingerprint density at radius 1 is 1.11 bits per heavy atom. The van der Waals surface area contributed by atoms with Gasteiger partial charge in [-0.1, -0.05) is 36.4 Å². The molecule has 0 aromatic heterocycles. The van der Waals surface area contributed by atoms with Crippen LogP contribution >= 0.6 is 11.8 Å². The molecule has 0 saturated heterocycles. The van der Waals surface area contributed by atoms with Crippen LogP contribution in [0.2, 0.25) is 0 Å². The summed E-state index contributed by atoms with van der Waals surface area (Å²) in [6.07, 6.45) is 0. The number of anilines is 1. The fourth-order valence-corrected chi connectivity index (χ4v) is 3.43. The summed E-state index contributed by atoms with van der Waals surface area (Å²) in [6, 6.07) is 16.8. The molecule has 3 heteroatoms. The summed E-state index contributed by atoms with van der Waals surface area (Å²) in [4.78, 5) is 1.36. The van der Waals surface area contributed by atoms with E-state index in [9.17, 15) is 5.11 Å². The van der Waals surface area contributed by atoms with Gasteiger partial charge in [0.05, 0.1) is 12.6 Å². The lowest BCUT2D eigenvalue weighted by Gasteiger charge is -2.17. The third-order valence-electron chi connectivity index (χ3n) is 3.22. The van der Waals surface area contributed by atoms with E-state index in [1.165, 1.54) is 10.5 Å². The van der Waals surface area contributed by atoms with Crippen LogP contribution in [0.15, 0.2) is 53.4 Å². The van der Waals surface area contributed by atoms with Gasteiger partial charge in [0.2, 0.25) is 0 Å². The van der Waals surface area contributed by atoms with Crippen molar-refractivity contribution >= 4 is 17.4 Å². The second-order valence-corrected chi connectivity index (χ2v) is 5.42. The molecule has 3 rings (SSSR count). The first-order chi connectivity index (χ1) is 8.88. The molecule has 1 atom stereocenters. The molecule has 1 aliphatic rings. The summed E-state index contributed by atoms with van der Waals surface area (Å²) in [5, 5.41) is 12.9. The van der Waals surface area contributed by atoms with E-state index in [0.717, 1.165) is 17.0 Å². The number of aliphatic hydroxyl groups excluding tert-OH is 1. The van der Waals surface area contributed by atoms with Gasteiger partial charge in [0.25, 0.3) is 0 Å². The van der Waals surface area contributed by atoms with Gasteiger partial charge in [-0.05, 0) is 17.7 Å². The Morgan fingerprint density at radius 2 is 1.89 bits per heavy atom. The molecule has 1 heterocycles. The molecule has 92 valence electrons. The van der Waals surface area contributed by atoms with Crippen LogP contribution in [-0.4, -0.2) is 10.9 Å². The van der Waals surface area contributed by atoms with Crippen LogP contribution in [0.1, 0.15) is 17.2 Å². The molecule has 2 aromatic rings. The zero-order valence-corrected chi connectivity index (χ0v) is 10.8. The van der Waals surface area contributed by atoms with Crippen molar-refractivity contribution in [3.8, 4) is 0 Å². The van der Waals surface area contributed by atoms with Crippen LogP contribution in [0.25, 0.3) is 0 Å². The number of thioether (sulfide) groups is 1. The monoisotopic (exact) mass is 257 g/mol. The Morgan fingerprint density at radius 3 is 2.78 bits per heavy atom. The Hall–Kier alpha value is -1.45. The highest BCUT2D eigenvalue weighted by atomic mass is 32.2. The van der Waals surface area contributed by atoms with Crippen molar-refractivity contribution in [2.45, 2.75) is 17.5 Å². The molecule has 0 amide bonds. The molecular weight excluding hydrogens is 242 g/mol. The van der Waals surface area contributed by atoms with Gasteiger partial charge in [0, 0.05) is 21.9 Å². The van der Waals surface area contributed by atoms with Crippen LogP contribution in [0, 0.1) is 0 Å². The number of hydrogen-bond donors (Lipinski definition) is 2. The fourth-order valence-electron chi connectivity index (χ4n) is 2.27. The summed E-state index contributed by atoms with van der Waals surface area (Å²) < 4.78 is 0. The number of hydrogen-bond acceptors (Lipinski definition) is 3. The molecule has 18 heavy (non-hydrogen) atoms. The zero-order valence-electron chi connectivity index (χ0n) is 9.97. The van der Waals surface area contributed by atoms with Crippen molar-refractivity contribution < 1.29 is 5.11 Å². The summed E-state index contributed by atoms with van der Waals surface area (Å²) in [5.74, 6) is 1.04. The first-order valence-corrected chi connectivity index (χ1v) is 7.04. The second kappa shape index (κ2) is 5.04. The molecule has 2 nitrogen and oxygen atoms in total. The lowest BCUT2D eigenvalue weighted by molar-refractivity contribution is 0.282. The average molecular weight is 257 g/mol. The van der Waals surface area contributed by atoms with E-state index in [1.807, 2.05) is 36.0 Å². The summed E-state index contributed by atoms with van der Waals surface area (Å²) in [6.45, 7) is 0.0741. The van der Waals surface area contributed by atoms with Gasteiger partial charge in [0.15, 0.2) is 0 Å². The smallest absolute Gasteiger partial charge is 0.0701 e. The van der Waals surface area contributed by atoms with Crippen LogP contribution in [-0.2, 0) is 6.61 Å². The standard InChI is InChI=1S/C15H15NOS/c17-9-11-5-1-3-7-13(11)16-14-10-18-15-8-4-2-6-12(14)15/h1-8,14,16-17H,9-10H2. The predicted octanol–water partition coefficient (Wildman–Crippen LogP) is 3.44. The van der Waals surface area contributed by atoms with Crippen LogP contribution in [0.5, 0.6) is 0 Å². The minimum atomic E-state index is 0.0741. The van der Waals surface area contributed by atoms with Gasteiger partial charge in [-0.25, -0.2) is 0 Å². The molecule has 1 unspecified atom stereocenters. The zero-order chi connectivity index (χ0) is 12.4. The average Bonchev–Trinajstić information content (AvgIpc) is 2.83. The van der Waals surface area contributed by atoms with Crippen molar-refractivity contribution in [2.24, 2.45) is 0 Å². The minimum absolute atomic E-state index is 0.0741. The minimum Gasteiger partial charge on any atom is -0.392 e. The van der Waals surface area contributed by atoms with Gasteiger partial charge in [0.1, 0.15) is 0 Å². The number of fused-ring (bicyclic) bond motifs is 1. The Labute approximate surface area is 111 Å². The molecule has 2 aromatic carbocycles. The van der Waals surface area contributed by atoms with E-state index < -0.39 is 0 Å². The van der Waals surface area contributed by atoms with E-state index >= 15 is 0 Å². The van der Waals surface area contributed by atoms with Gasteiger partial charge >= 0.3 is 0 Å². The van der Waals surface area contributed by atoms with Crippen molar-refractivity contribution in [2.75, 3.05) is 11.1 Å². The lowest BCUT2D eigenvalue weighted by atomic mass is 10.1. The highest BCUT2D eigenvalue weighted by Gasteiger charge is 2.22.